The molecule has 0 fully saturated rings. The van der Waals surface area contributed by atoms with E-state index in [4.69, 9.17) is 5.26 Å². The summed E-state index contributed by atoms with van der Waals surface area (Å²) in [4.78, 5) is 0. The second-order valence-corrected chi connectivity index (χ2v) is 2.73. The number of benzene rings is 1. The van der Waals surface area contributed by atoms with E-state index < -0.39 is 11.6 Å². The highest BCUT2D eigenvalue weighted by Crippen LogP contribution is 2.17. The van der Waals surface area contributed by atoms with Crippen LogP contribution in [0.1, 0.15) is 11.1 Å². The molecule has 0 aliphatic carbocycles. The molecule has 62 valence electrons. The van der Waals surface area contributed by atoms with Crippen molar-refractivity contribution in [2.75, 3.05) is 0 Å². The Hall–Kier alpha value is -0.950. The molecular formula is C8H4BrF2N. The van der Waals surface area contributed by atoms with Crippen molar-refractivity contribution in [2.24, 2.45) is 0 Å². The fraction of sp³-hybridized carbons (Fsp3) is 0.125. The Morgan fingerprint density at radius 2 is 2.08 bits per heavy atom. The van der Waals surface area contributed by atoms with Crippen LogP contribution in [0, 0.1) is 23.0 Å². The van der Waals surface area contributed by atoms with Crippen molar-refractivity contribution in [3.05, 3.63) is 34.9 Å². The van der Waals surface area contributed by atoms with E-state index in [1.807, 2.05) is 0 Å². The predicted octanol–water partition coefficient (Wildman–Crippen LogP) is 2.73. The molecular weight excluding hydrogens is 228 g/mol. The van der Waals surface area contributed by atoms with Crippen LogP contribution in [0.25, 0.3) is 0 Å². The SMILES string of the molecule is N#Cc1cc(F)cc(CBr)c1F. The summed E-state index contributed by atoms with van der Waals surface area (Å²) in [6.45, 7) is 0. The Bertz CT molecular complexity index is 344. The molecule has 0 saturated heterocycles. The minimum absolute atomic E-state index is 0.159. The van der Waals surface area contributed by atoms with Gasteiger partial charge in [-0.15, -0.1) is 0 Å². The molecule has 1 rings (SSSR count). The zero-order valence-corrected chi connectivity index (χ0v) is 7.53. The quantitative estimate of drug-likeness (QED) is 0.683. The molecule has 0 radical (unpaired) electrons. The normalized spacial score (nSPS) is 9.50. The summed E-state index contributed by atoms with van der Waals surface area (Å²) < 4.78 is 25.7. The van der Waals surface area contributed by atoms with Crippen molar-refractivity contribution in [1.82, 2.24) is 0 Å². The van der Waals surface area contributed by atoms with Gasteiger partial charge in [0.2, 0.25) is 0 Å². The van der Waals surface area contributed by atoms with Gasteiger partial charge >= 0.3 is 0 Å². The van der Waals surface area contributed by atoms with E-state index in [-0.39, 0.29) is 16.5 Å². The molecule has 0 aliphatic heterocycles. The molecule has 12 heavy (non-hydrogen) atoms. The van der Waals surface area contributed by atoms with Crippen LogP contribution < -0.4 is 0 Å². The number of nitrogens with zero attached hydrogens (tertiary/aromatic N) is 1. The molecule has 0 unspecified atom stereocenters. The van der Waals surface area contributed by atoms with Crippen molar-refractivity contribution < 1.29 is 8.78 Å². The summed E-state index contributed by atoms with van der Waals surface area (Å²) in [6.07, 6.45) is 0. The summed E-state index contributed by atoms with van der Waals surface area (Å²) in [5.74, 6) is -1.25. The van der Waals surface area contributed by atoms with Crippen LogP contribution in [-0.2, 0) is 5.33 Å². The van der Waals surface area contributed by atoms with Gasteiger partial charge in [-0.25, -0.2) is 8.78 Å². The molecule has 0 atom stereocenters. The van der Waals surface area contributed by atoms with E-state index >= 15 is 0 Å². The summed E-state index contributed by atoms with van der Waals surface area (Å²) in [7, 11) is 0. The Morgan fingerprint density at radius 1 is 1.42 bits per heavy atom. The Labute approximate surface area is 76.8 Å². The number of alkyl halides is 1. The fourth-order valence-electron chi connectivity index (χ4n) is 0.824. The van der Waals surface area contributed by atoms with Crippen LogP contribution in [0.2, 0.25) is 0 Å². The maximum Gasteiger partial charge on any atom is 0.145 e. The van der Waals surface area contributed by atoms with Crippen molar-refractivity contribution in [1.29, 1.82) is 5.26 Å². The van der Waals surface area contributed by atoms with Gasteiger partial charge in [-0.05, 0) is 12.1 Å². The maximum atomic E-state index is 13.0. The summed E-state index contributed by atoms with van der Waals surface area (Å²) in [5.41, 5.74) is -0.101. The van der Waals surface area contributed by atoms with E-state index in [2.05, 4.69) is 15.9 Å². The van der Waals surface area contributed by atoms with Gasteiger partial charge in [-0.3, -0.25) is 0 Å². The van der Waals surface area contributed by atoms with Crippen molar-refractivity contribution in [2.45, 2.75) is 5.33 Å². The molecule has 0 N–H and O–H groups in total. The Balaban J connectivity index is 3.34. The molecule has 0 aliphatic rings. The number of hydrogen-bond acceptors (Lipinski definition) is 1. The molecule has 0 bridgehead atoms. The highest BCUT2D eigenvalue weighted by molar-refractivity contribution is 9.08. The summed E-state index contributed by atoms with van der Waals surface area (Å²) >= 11 is 2.99. The molecule has 0 spiro atoms. The number of rotatable bonds is 1. The number of halogens is 3. The molecule has 0 heterocycles. The second-order valence-electron chi connectivity index (χ2n) is 2.17. The third kappa shape index (κ3) is 1.62. The molecule has 1 aromatic rings. The minimum Gasteiger partial charge on any atom is -0.207 e. The lowest BCUT2D eigenvalue weighted by Gasteiger charge is -1.99. The first kappa shape index (κ1) is 9.14. The van der Waals surface area contributed by atoms with Gasteiger partial charge in [-0.1, -0.05) is 15.9 Å². The Kier molecular flexibility index (Phi) is 2.77. The third-order valence-electron chi connectivity index (χ3n) is 1.38. The van der Waals surface area contributed by atoms with Crippen LogP contribution in [0.15, 0.2) is 12.1 Å². The van der Waals surface area contributed by atoms with Gasteiger partial charge in [0.05, 0.1) is 5.56 Å². The molecule has 4 heteroatoms. The molecule has 1 nitrogen and oxygen atoms in total. The lowest BCUT2D eigenvalue weighted by Crippen LogP contribution is -1.93. The van der Waals surface area contributed by atoms with Crippen LogP contribution in [0.5, 0.6) is 0 Å². The van der Waals surface area contributed by atoms with E-state index in [0.717, 1.165) is 12.1 Å². The van der Waals surface area contributed by atoms with Gasteiger partial charge in [0.15, 0.2) is 0 Å². The Morgan fingerprint density at radius 3 is 2.58 bits per heavy atom. The number of nitriles is 1. The van der Waals surface area contributed by atoms with Crippen molar-refractivity contribution in [3.63, 3.8) is 0 Å². The largest absolute Gasteiger partial charge is 0.207 e. The third-order valence-corrected chi connectivity index (χ3v) is 1.98. The van der Waals surface area contributed by atoms with Crippen molar-refractivity contribution in [3.8, 4) is 6.07 Å². The zero-order valence-electron chi connectivity index (χ0n) is 5.94. The van der Waals surface area contributed by atoms with E-state index in [1.165, 1.54) is 0 Å². The second kappa shape index (κ2) is 3.63. The van der Waals surface area contributed by atoms with E-state index in [9.17, 15) is 8.78 Å². The standard InChI is InChI=1S/C8H4BrF2N/c9-3-5-1-7(10)2-6(4-12)8(5)11/h1-2H,3H2. The highest BCUT2D eigenvalue weighted by atomic mass is 79.9. The van der Waals surface area contributed by atoms with Crippen LogP contribution in [0.4, 0.5) is 8.78 Å². The molecule has 0 saturated carbocycles. The van der Waals surface area contributed by atoms with Gasteiger partial charge in [0.1, 0.15) is 17.7 Å². The molecule has 1 aromatic carbocycles. The van der Waals surface area contributed by atoms with Crippen LogP contribution in [-0.4, -0.2) is 0 Å². The van der Waals surface area contributed by atoms with Gasteiger partial charge in [-0.2, -0.15) is 5.26 Å². The smallest absolute Gasteiger partial charge is 0.145 e. The topological polar surface area (TPSA) is 23.8 Å². The maximum absolute atomic E-state index is 13.0. The van der Waals surface area contributed by atoms with E-state index in [0.29, 0.717) is 0 Å². The average molecular weight is 232 g/mol. The lowest BCUT2D eigenvalue weighted by atomic mass is 10.1. The van der Waals surface area contributed by atoms with Crippen molar-refractivity contribution >= 4 is 15.9 Å². The predicted molar refractivity (Wildman–Crippen MR) is 43.7 cm³/mol. The zero-order chi connectivity index (χ0) is 9.14. The fourth-order valence-corrected chi connectivity index (χ4v) is 1.23. The van der Waals surface area contributed by atoms with Gasteiger partial charge < -0.3 is 0 Å². The van der Waals surface area contributed by atoms with Crippen LogP contribution >= 0.6 is 15.9 Å². The van der Waals surface area contributed by atoms with Gasteiger partial charge in [0.25, 0.3) is 0 Å². The van der Waals surface area contributed by atoms with Gasteiger partial charge in [0, 0.05) is 10.9 Å². The van der Waals surface area contributed by atoms with E-state index in [1.54, 1.807) is 6.07 Å². The molecule has 0 aromatic heterocycles. The minimum atomic E-state index is -0.657. The first-order valence-corrected chi connectivity index (χ1v) is 4.25. The van der Waals surface area contributed by atoms with Crippen LogP contribution in [0.3, 0.4) is 0 Å². The first-order chi connectivity index (χ1) is 5.69. The average Bonchev–Trinajstić information content (AvgIpc) is 2.08. The summed E-state index contributed by atoms with van der Waals surface area (Å²) in [5, 5.41) is 8.59. The monoisotopic (exact) mass is 231 g/mol. The number of hydrogen-bond donors (Lipinski definition) is 0. The lowest BCUT2D eigenvalue weighted by molar-refractivity contribution is 0.588. The highest BCUT2D eigenvalue weighted by Gasteiger charge is 2.08. The molecule has 0 amide bonds. The summed E-state index contributed by atoms with van der Waals surface area (Å²) in [6, 6.07) is 3.51. The first-order valence-electron chi connectivity index (χ1n) is 3.13.